The van der Waals surface area contributed by atoms with Gasteiger partial charge in [0.2, 0.25) is 11.5 Å². The predicted molar refractivity (Wildman–Crippen MR) is 116 cm³/mol. The van der Waals surface area contributed by atoms with Gasteiger partial charge in [-0.3, -0.25) is 9.59 Å². The number of hydrogen-bond donors (Lipinski definition) is 2. The van der Waals surface area contributed by atoms with Gasteiger partial charge in [-0.2, -0.15) is 0 Å². The molecule has 3 rings (SSSR count). The Morgan fingerprint density at radius 3 is 2.41 bits per heavy atom. The molecule has 2 aromatic rings. The third-order valence-corrected chi connectivity index (χ3v) is 4.68. The van der Waals surface area contributed by atoms with Gasteiger partial charge in [-0.15, -0.1) is 0 Å². The fourth-order valence-corrected chi connectivity index (χ4v) is 3.10. The van der Waals surface area contributed by atoms with E-state index in [1.165, 1.54) is 21.3 Å². The number of carbonyl (C=O) groups excluding carboxylic acids is 2. The molecule has 2 N–H and O–H groups in total. The van der Waals surface area contributed by atoms with Gasteiger partial charge >= 0.3 is 0 Å². The van der Waals surface area contributed by atoms with Crippen molar-refractivity contribution >= 4 is 17.8 Å². The topological polar surface area (TPSA) is 113 Å². The molecule has 1 aliphatic rings. The number of carbonyl (C=O) groups is 2. The fourth-order valence-electron chi connectivity index (χ4n) is 3.10. The van der Waals surface area contributed by atoms with Crippen molar-refractivity contribution in [2.24, 2.45) is 0 Å². The van der Waals surface area contributed by atoms with Crippen molar-refractivity contribution in [2.45, 2.75) is 13.0 Å². The minimum absolute atomic E-state index is 0.126. The first-order chi connectivity index (χ1) is 15.4. The van der Waals surface area contributed by atoms with E-state index in [1.807, 2.05) is 0 Å². The summed E-state index contributed by atoms with van der Waals surface area (Å²) in [6, 6.07) is 7.76. The Morgan fingerprint density at radius 1 is 1.12 bits per heavy atom. The Balaban J connectivity index is 1.78. The molecule has 0 spiro atoms. The SMILES string of the molecule is COc1cc(C=C2Oc3cc(OCC(=O)N[C@@H](C)CO)ccc3C2=O)cc(OC)c1OC. The maximum absolute atomic E-state index is 12.8. The average Bonchev–Trinajstić information content (AvgIpc) is 3.11. The lowest BCUT2D eigenvalue weighted by Crippen LogP contribution is -2.38. The van der Waals surface area contributed by atoms with E-state index in [0.29, 0.717) is 39.9 Å². The maximum Gasteiger partial charge on any atom is 0.258 e. The molecule has 170 valence electrons. The number of benzene rings is 2. The van der Waals surface area contributed by atoms with Crippen LogP contribution in [0.4, 0.5) is 0 Å². The van der Waals surface area contributed by atoms with E-state index < -0.39 is 0 Å². The molecule has 0 radical (unpaired) electrons. The summed E-state index contributed by atoms with van der Waals surface area (Å²) in [6.07, 6.45) is 1.58. The molecule has 1 amide bonds. The van der Waals surface area contributed by atoms with Crippen LogP contribution >= 0.6 is 0 Å². The molecular formula is C23H25NO8. The number of Topliss-reactive ketones (excluding diaryl/α,β-unsaturated/α-hetero) is 1. The van der Waals surface area contributed by atoms with Gasteiger partial charge in [0, 0.05) is 12.1 Å². The standard InChI is InChI=1S/C23H25NO8/c1-13(11-25)24-21(26)12-31-15-5-6-16-17(10-15)32-18(22(16)27)7-14-8-19(28-2)23(30-4)20(9-14)29-3/h5-10,13,25H,11-12H2,1-4H3,(H,24,26)/t13-/m0/s1. The van der Waals surface area contributed by atoms with E-state index in [2.05, 4.69) is 5.32 Å². The quantitative estimate of drug-likeness (QED) is 0.568. The van der Waals surface area contributed by atoms with Crippen molar-refractivity contribution in [2.75, 3.05) is 34.5 Å². The molecule has 2 aromatic carbocycles. The molecular weight excluding hydrogens is 418 g/mol. The number of aliphatic hydroxyl groups excluding tert-OH is 1. The number of allylic oxidation sites excluding steroid dienone is 1. The van der Waals surface area contributed by atoms with Crippen molar-refractivity contribution in [3.05, 3.63) is 47.2 Å². The number of ether oxygens (including phenoxy) is 5. The monoisotopic (exact) mass is 443 g/mol. The maximum atomic E-state index is 12.8. The number of aliphatic hydroxyl groups is 1. The molecule has 0 saturated carbocycles. The van der Waals surface area contributed by atoms with Crippen molar-refractivity contribution in [3.8, 4) is 28.7 Å². The lowest BCUT2D eigenvalue weighted by atomic mass is 10.1. The molecule has 1 atom stereocenters. The number of fused-ring (bicyclic) bond motifs is 1. The zero-order valence-corrected chi connectivity index (χ0v) is 18.3. The fraction of sp³-hybridized carbons (Fsp3) is 0.304. The van der Waals surface area contributed by atoms with E-state index in [9.17, 15) is 9.59 Å². The summed E-state index contributed by atoms with van der Waals surface area (Å²) in [4.78, 5) is 24.6. The van der Waals surface area contributed by atoms with Crippen molar-refractivity contribution in [3.63, 3.8) is 0 Å². The molecule has 0 aliphatic carbocycles. The van der Waals surface area contributed by atoms with E-state index in [0.717, 1.165) is 0 Å². The third kappa shape index (κ3) is 4.94. The highest BCUT2D eigenvalue weighted by molar-refractivity contribution is 6.14. The molecule has 0 saturated heterocycles. The van der Waals surface area contributed by atoms with E-state index in [1.54, 1.807) is 43.3 Å². The highest BCUT2D eigenvalue weighted by Gasteiger charge is 2.28. The number of rotatable bonds is 9. The van der Waals surface area contributed by atoms with Crippen molar-refractivity contribution in [1.29, 1.82) is 0 Å². The number of nitrogens with one attached hydrogen (secondary N) is 1. The van der Waals surface area contributed by atoms with Gasteiger partial charge in [-0.25, -0.2) is 0 Å². The molecule has 1 aliphatic heterocycles. The summed E-state index contributed by atoms with van der Waals surface area (Å²) in [6.45, 7) is 1.28. The smallest absolute Gasteiger partial charge is 0.258 e. The second kappa shape index (κ2) is 10.1. The Labute approximate surface area is 185 Å². The van der Waals surface area contributed by atoms with Crippen LogP contribution < -0.4 is 29.0 Å². The number of ketones is 1. The Hall–Kier alpha value is -3.72. The molecule has 1 heterocycles. The highest BCUT2D eigenvalue weighted by atomic mass is 16.5. The first-order valence-corrected chi connectivity index (χ1v) is 9.81. The van der Waals surface area contributed by atoms with Gasteiger partial charge in [0.15, 0.2) is 23.9 Å². The van der Waals surface area contributed by atoms with Gasteiger partial charge in [0.25, 0.3) is 5.91 Å². The molecule has 0 bridgehead atoms. The van der Waals surface area contributed by atoms with Gasteiger partial charge in [-0.05, 0) is 42.8 Å². The van der Waals surface area contributed by atoms with Crippen LogP contribution in [0.25, 0.3) is 6.08 Å². The third-order valence-electron chi connectivity index (χ3n) is 4.68. The summed E-state index contributed by atoms with van der Waals surface area (Å²) in [7, 11) is 4.52. The van der Waals surface area contributed by atoms with E-state index >= 15 is 0 Å². The van der Waals surface area contributed by atoms with Gasteiger partial charge in [0.05, 0.1) is 33.5 Å². The Morgan fingerprint density at radius 2 is 1.81 bits per heavy atom. The van der Waals surface area contributed by atoms with Crippen LogP contribution in [0.2, 0.25) is 0 Å². The minimum atomic E-state index is -0.368. The number of amides is 1. The number of hydrogen-bond acceptors (Lipinski definition) is 8. The molecule has 9 nitrogen and oxygen atoms in total. The molecule has 0 unspecified atom stereocenters. The minimum Gasteiger partial charge on any atom is -0.493 e. The zero-order chi connectivity index (χ0) is 23.3. The van der Waals surface area contributed by atoms with Crippen molar-refractivity contribution in [1.82, 2.24) is 5.32 Å². The van der Waals surface area contributed by atoms with E-state index in [-0.39, 0.29) is 36.7 Å². The van der Waals surface area contributed by atoms with Crippen LogP contribution in [0.3, 0.4) is 0 Å². The Bertz CT molecular complexity index is 1020. The second-order valence-electron chi connectivity index (χ2n) is 7.00. The molecule has 32 heavy (non-hydrogen) atoms. The van der Waals surface area contributed by atoms with Crippen LogP contribution in [-0.4, -0.2) is 57.4 Å². The lowest BCUT2D eigenvalue weighted by molar-refractivity contribution is -0.124. The lowest BCUT2D eigenvalue weighted by Gasteiger charge is -2.13. The van der Waals surface area contributed by atoms with Crippen LogP contribution in [0.5, 0.6) is 28.7 Å². The van der Waals surface area contributed by atoms with Crippen LogP contribution in [0, 0.1) is 0 Å². The van der Waals surface area contributed by atoms with Gasteiger partial charge in [0.1, 0.15) is 11.5 Å². The highest BCUT2D eigenvalue weighted by Crippen LogP contribution is 2.40. The summed E-state index contributed by atoms with van der Waals surface area (Å²) < 4.78 is 27.2. The van der Waals surface area contributed by atoms with Gasteiger partial charge < -0.3 is 34.1 Å². The molecule has 0 fully saturated rings. The summed E-state index contributed by atoms with van der Waals surface area (Å²) in [5.74, 6) is 1.52. The summed E-state index contributed by atoms with van der Waals surface area (Å²) in [5, 5.41) is 11.6. The average molecular weight is 443 g/mol. The van der Waals surface area contributed by atoms with Crippen LogP contribution in [0.15, 0.2) is 36.1 Å². The zero-order valence-electron chi connectivity index (χ0n) is 18.3. The van der Waals surface area contributed by atoms with Crippen LogP contribution in [0.1, 0.15) is 22.8 Å². The largest absolute Gasteiger partial charge is 0.493 e. The second-order valence-corrected chi connectivity index (χ2v) is 7.00. The van der Waals surface area contributed by atoms with Crippen LogP contribution in [-0.2, 0) is 4.79 Å². The molecule has 9 heteroatoms. The van der Waals surface area contributed by atoms with Crippen molar-refractivity contribution < 1.29 is 38.4 Å². The van der Waals surface area contributed by atoms with Gasteiger partial charge in [-0.1, -0.05) is 0 Å². The Kier molecular flexibility index (Phi) is 7.21. The first kappa shape index (κ1) is 23.0. The number of methoxy groups -OCH3 is 3. The summed E-state index contributed by atoms with van der Waals surface area (Å²) in [5.41, 5.74) is 1.01. The normalized spacial score (nSPS) is 14.4. The first-order valence-electron chi connectivity index (χ1n) is 9.81. The summed E-state index contributed by atoms with van der Waals surface area (Å²) >= 11 is 0. The predicted octanol–water partition coefficient (Wildman–Crippen LogP) is 2.20. The van der Waals surface area contributed by atoms with E-state index in [4.69, 9.17) is 28.8 Å². The molecule has 0 aromatic heterocycles.